The molecule has 0 radical (unpaired) electrons. The van der Waals surface area contributed by atoms with Gasteiger partial charge in [-0.3, -0.25) is 0 Å². The van der Waals surface area contributed by atoms with Crippen LogP contribution in [0.4, 0.5) is 0 Å². The van der Waals surface area contributed by atoms with Gasteiger partial charge >= 0.3 is 0 Å². The van der Waals surface area contributed by atoms with E-state index in [0.717, 1.165) is 0 Å². The Balaban J connectivity index is 2.46. The van der Waals surface area contributed by atoms with E-state index in [1.165, 1.54) is 24.3 Å². The largest absolute Gasteiger partial charge is 0.310 e. The summed E-state index contributed by atoms with van der Waals surface area (Å²) in [6, 6.07) is 1.38. The molecule has 2 heteroatoms. The highest BCUT2D eigenvalue weighted by molar-refractivity contribution is 7.99. The van der Waals surface area contributed by atoms with E-state index in [9.17, 15) is 0 Å². The highest BCUT2D eigenvalue weighted by Crippen LogP contribution is 2.34. The van der Waals surface area contributed by atoms with Gasteiger partial charge in [0.1, 0.15) is 0 Å². The van der Waals surface area contributed by atoms with Crippen molar-refractivity contribution in [3.8, 4) is 0 Å². The Hall–Kier alpha value is 0.310. The first-order valence-electron chi connectivity index (χ1n) is 5.40. The van der Waals surface area contributed by atoms with Crippen LogP contribution < -0.4 is 5.32 Å². The fourth-order valence-corrected chi connectivity index (χ4v) is 3.29. The van der Waals surface area contributed by atoms with E-state index in [1.807, 2.05) is 0 Å². The first kappa shape index (κ1) is 11.4. The lowest BCUT2D eigenvalue weighted by atomic mass is 9.82. The molecule has 1 aliphatic rings. The number of nitrogens with one attached hydrogen (secondary N) is 1. The first-order chi connectivity index (χ1) is 6.06. The van der Waals surface area contributed by atoms with Crippen LogP contribution in [0.1, 0.15) is 40.5 Å². The van der Waals surface area contributed by atoms with Crippen molar-refractivity contribution in [3.05, 3.63) is 0 Å². The summed E-state index contributed by atoms with van der Waals surface area (Å²) in [7, 11) is 0. The molecule has 1 fully saturated rings. The molecule has 1 heterocycles. The van der Waals surface area contributed by atoms with Crippen molar-refractivity contribution in [1.82, 2.24) is 5.32 Å². The van der Waals surface area contributed by atoms with Gasteiger partial charge in [0, 0.05) is 17.8 Å². The molecule has 0 aromatic heterocycles. The maximum Gasteiger partial charge on any atom is 0.0212 e. The third kappa shape index (κ3) is 3.17. The van der Waals surface area contributed by atoms with E-state index in [0.29, 0.717) is 17.5 Å². The fourth-order valence-electron chi connectivity index (χ4n) is 1.67. The molecule has 0 aromatic rings. The summed E-state index contributed by atoms with van der Waals surface area (Å²) in [5, 5.41) is 3.74. The molecule has 1 aliphatic heterocycles. The van der Waals surface area contributed by atoms with Crippen LogP contribution in [0.5, 0.6) is 0 Å². The van der Waals surface area contributed by atoms with Crippen molar-refractivity contribution >= 4 is 11.8 Å². The molecular formula is C11H23NS. The molecule has 2 atom stereocenters. The molecule has 1 nitrogen and oxygen atoms in total. The maximum absolute atomic E-state index is 3.74. The fraction of sp³-hybridized carbons (Fsp3) is 1.00. The quantitative estimate of drug-likeness (QED) is 0.753. The molecule has 1 saturated heterocycles. The van der Waals surface area contributed by atoms with Gasteiger partial charge in [-0.25, -0.2) is 0 Å². The van der Waals surface area contributed by atoms with Crippen LogP contribution in [0.25, 0.3) is 0 Å². The minimum atomic E-state index is 0.495. The Morgan fingerprint density at radius 3 is 2.77 bits per heavy atom. The molecule has 0 spiro atoms. The van der Waals surface area contributed by atoms with Crippen molar-refractivity contribution in [1.29, 1.82) is 0 Å². The summed E-state index contributed by atoms with van der Waals surface area (Å²) < 4.78 is 0. The van der Waals surface area contributed by atoms with Gasteiger partial charge in [-0.1, -0.05) is 20.8 Å². The highest BCUT2D eigenvalue weighted by atomic mass is 32.2. The monoisotopic (exact) mass is 201 g/mol. The summed E-state index contributed by atoms with van der Waals surface area (Å²) in [5.41, 5.74) is 0.495. The van der Waals surface area contributed by atoms with Gasteiger partial charge in [-0.15, -0.1) is 0 Å². The van der Waals surface area contributed by atoms with Gasteiger partial charge in [0.05, 0.1) is 0 Å². The van der Waals surface area contributed by atoms with Crippen LogP contribution in [-0.2, 0) is 0 Å². The highest BCUT2D eigenvalue weighted by Gasteiger charge is 2.32. The van der Waals surface area contributed by atoms with E-state index >= 15 is 0 Å². The minimum absolute atomic E-state index is 0.495. The van der Waals surface area contributed by atoms with Crippen molar-refractivity contribution in [2.75, 3.05) is 11.5 Å². The third-order valence-electron chi connectivity index (χ3n) is 3.22. The van der Waals surface area contributed by atoms with E-state index in [1.54, 1.807) is 0 Å². The molecule has 1 rings (SSSR count). The first-order valence-corrected chi connectivity index (χ1v) is 6.55. The molecule has 2 unspecified atom stereocenters. The smallest absolute Gasteiger partial charge is 0.0212 e. The predicted molar refractivity (Wildman–Crippen MR) is 62.4 cm³/mol. The van der Waals surface area contributed by atoms with Gasteiger partial charge in [0.15, 0.2) is 0 Å². The average molecular weight is 201 g/mol. The van der Waals surface area contributed by atoms with Crippen molar-refractivity contribution in [2.45, 2.75) is 52.6 Å². The van der Waals surface area contributed by atoms with E-state index in [-0.39, 0.29) is 0 Å². The zero-order chi connectivity index (χ0) is 9.90. The lowest BCUT2D eigenvalue weighted by molar-refractivity contribution is 0.230. The third-order valence-corrected chi connectivity index (χ3v) is 4.28. The van der Waals surface area contributed by atoms with Crippen LogP contribution in [-0.4, -0.2) is 23.6 Å². The molecule has 0 aromatic carbocycles. The van der Waals surface area contributed by atoms with Crippen LogP contribution in [0.3, 0.4) is 0 Å². The lowest BCUT2D eigenvalue weighted by Crippen LogP contribution is -2.49. The zero-order valence-electron chi connectivity index (χ0n) is 9.39. The molecular weight excluding hydrogens is 178 g/mol. The summed E-state index contributed by atoms with van der Waals surface area (Å²) in [4.78, 5) is 0. The van der Waals surface area contributed by atoms with Crippen LogP contribution >= 0.6 is 11.8 Å². The van der Waals surface area contributed by atoms with E-state index in [2.05, 4.69) is 44.8 Å². The molecule has 13 heavy (non-hydrogen) atoms. The molecule has 1 N–H and O–H groups in total. The van der Waals surface area contributed by atoms with Crippen molar-refractivity contribution in [2.24, 2.45) is 5.41 Å². The number of rotatable bonds is 3. The zero-order valence-corrected chi connectivity index (χ0v) is 10.2. The van der Waals surface area contributed by atoms with Crippen LogP contribution in [0, 0.1) is 5.41 Å². The predicted octanol–water partition coefficient (Wildman–Crippen LogP) is 2.91. The topological polar surface area (TPSA) is 12.0 Å². The number of thioether (sulfide) groups is 1. The summed E-state index contributed by atoms with van der Waals surface area (Å²) in [5.74, 6) is 2.63. The van der Waals surface area contributed by atoms with E-state index in [4.69, 9.17) is 0 Å². The van der Waals surface area contributed by atoms with Gasteiger partial charge in [-0.05, 0) is 30.9 Å². The second-order valence-electron chi connectivity index (χ2n) is 4.84. The Morgan fingerprint density at radius 1 is 1.54 bits per heavy atom. The van der Waals surface area contributed by atoms with E-state index < -0.39 is 0 Å². The summed E-state index contributed by atoms with van der Waals surface area (Å²) in [6.45, 7) is 9.33. The van der Waals surface area contributed by atoms with Gasteiger partial charge in [0.25, 0.3) is 0 Å². The Bertz CT molecular complexity index is 156. The minimum Gasteiger partial charge on any atom is -0.310 e. The second-order valence-corrected chi connectivity index (χ2v) is 5.99. The Kier molecular flexibility index (Phi) is 4.11. The van der Waals surface area contributed by atoms with Crippen molar-refractivity contribution < 1.29 is 0 Å². The SMILES string of the molecule is CCC(C)NC1CSCCC1(C)C. The Labute approximate surface area is 87.1 Å². The molecule has 0 amide bonds. The number of hydrogen-bond donors (Lipinski definition) is 1. The second kappa shape index (κ2) is 4.70. The molecule has 0 saturated carbocycles. The average Bonchev–Trinajstić information content (AvgIpc) is 2.08. The van der Waals surface area contributed by atoms with Gasteiger partial charge < -0.3 is 5.32 Å². The maximum atomic E-state index is 3.74. The molecule has 78 valence electrons. The van der Waals surface area contributed by atoms with Crippen LogP contribution in [0.15, 0.2) is 0 Å². The van der Waals surface area contributed by atoms with Gasteiger partial charge in [0.2, 0.25) is 0 Å². The van der Waals surface area contributed by atoms with Gasteiger partial charge in [-0.2, -0.15) is 11.8 Å². The normalized spacial score (nSPS) is 30.0. The van der Waals surface area contributed by atoms with Crippen LogP contribution in [0.2, 0.25) is 0 Å². The molecule has 0 aliphatic carbocycles. The standard InChI is InChI=1S/C11H23NS/c1-5-9(2)12-10-8-13-7-6-11(10,3)4/h9-10,12H,5-8H2,1-4H3. The summed E-state index contributed by atoms with van der Waals surface area (Å²) >= 11 is 2.10. The lowest BCUT2D eigenvalue weighted by Gasteiger charge is -2.40. The molecule has 0 bridgehead atoms. The van der Waals surface area contributed by atoms with Crippen molar-refractivity contribution in [3.63, 3.8) is 0 Å². The summed E-state index contributed by atoms with van der Waals surface area (Å²) in [6.07, 6.45) is 2.59. The Morgan fingerprint density at radius 2 is 2.23 bits per heavy atom. The number of hydrogen-bond acceptors (Lipinski definition) is 2.